The van der Waals surface area contributed by atoms with E-state index in [4.69, 9.17) is 4.74 Å². The number of hydrogen-bond acceptors (Lipinski definition) is 4. The van der Waals surface area contributed by atoms with Gasteiger partial charge in [0.05, 0.1) is 11.3 Å². The van der Waals surface area contributed by atoms with Crippen LogP contribution in [0, 0.1) is 0 Å². The zero-order valence-electron chi connectivity index (χ0n) is 13.6. The summed E-state index contributed by atoms with van der Waals surface area (Å²) < 4.78 is 30.3. The van der Waals surface area contributed by atoms with Gasteiger partial charge in [-0.3, -0.25) is 0 Å². The zero-order chi connectivity index (χ0) is 16.2. The highest BCUT2D eigenvalue weighted by Crippen LogP contribution is 2.12. The third-order valence-electron chi connectivity index (χ3n) is 2.39. The predicted octanol–water partition coefficient (Wildman–Crippen LogP) is 1.96. The van der Waals surface area contributed by atoms with E-state index in [0.29, 0.717) is 6.42 Å². The Hall–Kier alpha value is -0.820. The van der Waals surface area contributed by atoms with Gasteiger partial charge in [0.1, 0.15) is 5.60 Å². The Morgan fingerprint density at radius 2 is 1.70 bits per heavy atom. The van der Waals surface area contributed by atoms with Crippen molar-refractivity contribution in [2.75, 3.05) is 19.3 Å². The van der Waals surface area contributed by atoms with Crippen LogP contribution < -0.4 is 5.32 Å². The molecule has 0 bridgehead atoms. The zero-order valence-corrected chi connectivity index (χ0v) is 14.4. The Labute approximate surface area is 122 Å². The Bertz CT molecular complexity index is 424. The molecule has 0 unspecified atom stereocenters. The van der Waals surface area contributed by atoms with Crippen LogP contribution in [0.4, 0.5) is 4.79 Å². The molecule has 0 fully saturated rings. The monoisotopic (exact) mass is 308 g/mol. The molecule has 0 rings (SSSR count). The Morgan fingerprint density at radius 1 is 1.20 bits per heavy atom. The third kappa shape index (κ3) is 7.69. The van der Waals surface area contributed by atoms with Crippen LogP contribution in [-0.2, 0) is 14.8 Å². The molecule has 0 saturated carbocycles. The van der Waals surface area contributed by atoms with Gasteiger partial charge in [-0.25, -0.2) is 17.5 Å². The fourth-order valence-electron chi connectivity index (χ4n) is 1.69. The van der Waals surface area contributed by atoms with Gasteiger partial charge in [0.25, 0.3) is 0 Å². The first kappa shape index (κ1) is 19.2. The van der Waals surface area contributed by atoms with Gasteiger partial charge < -0.3 is 10.1 Å². The highest BCUT2D eigenvalue weighted by molar-refractivity contribution is 7.89. The number of sulfonamides is 1. The second-order valence-electron chi connectivity index (χ2n) is 6.58. The SMILES string of the molecule is CCCS(=O)(=O)N(C)CC(C)(C)NC(=O)OC(C)(C)C. The summed E-state index contributed by atoms with van der Waals surface area (Å²) in [5.41, 5.74) is -1.29. The lowest BCUT2D eigenvalue weighted by atomic mass is 10.1. The summed E-state index contributed by atoms with van der Waals surface area (Å²) >= 11 is 0. The van der Waals surface area contributed by atoms with Crippen molar-refractivity contribution in [2.24, 2.45) is 0 Å². The molecule has 0 atom stereocenters. The first-order chi connectivity index (χ1) is 8.79. The van der Waals surface area contributed by atoms with E-state index in [1.165, 1.54) is 11.4 Å². The summed E-state index contributed by atoms with van der Waals surface area (Å²) in [6.45, 7) is 10.8. The normalized spacial score (nSPS) is 13.4. The number of carbonyl (C=O) groups excluding carboxylic acids is 1. The molecule has 1 N–H and O–H groups in total. The van der Waals surface area contributed by atoms with Crippen molar-refractivity contribution in [3.8, 4) is 0 Å². The molecule has 0 radical (unpaired) electrons. The standard InChI is InChI=1S/C13H28N2O4S/c1-8-9-20(17,18)15(7)10-13(5,6)14-11(16)19-12(2,3)4/h8-10H2,1-7H3,(H,14,16). The van der Waals surface area contributed by atoms with Gasteiger partial charge in [-0.05, 0) is 41.0 Å². The van der Waals surface area contributed by atoms with Gasteiger partial charge in [0.2, 0.25) is 10.0 Å². The first-order valence-electron chi connectivity index (χ1n) is 6.74. The van der Waals surface area contributed by atoms with E-state index in [9.17, 15) is 13.2 Å². The van der Waals surface area contributed by atoms with Crippen molar-refractivity contribution in [1.82, 2.24) is 9.62 Å². The highest BCUT2D eigenvalue weighted by Gasteiger charge is 2.29. The van der Waals surface area contributed by atoms with Crippen LogP contribution in [0.2, 0.25) is 0 Å². The molecule has 7 heteroatoms. The number of alkyl carbamates (subject to hydrolysis) is 1. The molecule has 0 saturated heterocycles. The van der Waals surface area contributed by atoms with Crippen LogP contribution in [0.25, 0.3) is 0 Å². The minimum absolute atomic E-state index is 0.103. The fraction of sp³-hybridized carbons (Fsp3) is 0.923. The smallest absolute Gasteiger partial charge is 0.408 e. The van der Waals surface area contributed by atoms with E-state index in [-0.39, 0.29) is 12.3 Å². The molecule has 0 aliphatic carbocycles. The van der Waals surface area contributed by atoms with Crippen molar-refractivity contribution in [1.29, 1.82) is 0 Å². The number of nitrogens with zero attached hydrogens (tertiary/aromatic N) is 1. The van der Waals surface area contributed by atoms with Crippen molar-refractivity contribution in [3.63, 3.8) is 0 Å². The van der Waals surface area contributed by atoms with Crippen LogP contribution in [0.5, 0.6) is 0 Å². The summed E-state index contributed by atoms with van der Waals surface area (Å²) in [7, 11) is -1.76. The lowest BCUT2D eigenvalue weighted by Gasteiger charge is -2.31. The average molecular weight is 308 g/mol. The van der Waals surface area contributed by atoms with Gasteiger partial charge in [0, 0.05) is 13.6 Å². The van der Waals surface area contributed by atoms with Crippen LogP contribution in [0.1, 0.15) is 48.0 Å². The molecule has 6 nitrogen and oxygen atoms in total. The lowest BCUT2D eigenvalue weighted by Crippen LogP contribution is -2.53. The summed E-state index contributed by atoms with van der Waals surface area (Å²) in [6, 6.07) is 0. The topological polar surface area (TPSA) is 75.7 Å². The first-order valence-corrected chi connectivity index (χ1v) is 8.35. The molecule has 0 aromatic carbocycles. The number of hydrogen-bond donors (Lipinski definition) is 1. The molecule has 0 heterocycles. The molecular formula is C13H28N2O4S. The van der Waals surface area contributed by atoms with Crippen molar-refractivity contribution < 1.29 is 17.9 Å². The largest absolute Gasteiger partial charge is 0.444 e. The number of carbonyl (C=O) groups is 1. The van der Waals surface area contributed by atoms with Crippen molar-refractivity contribution in [2.45, 2.75) is 59.1 Å². The van der Waals surface area contributed by atoms with E-state index in [1.807, 2.05) is 6.92 Å². The Morgan fingerprint density at radius 3 is 2.10 bits per heavy atom. The summed E-state index contributed by atoms with van der Waals surface area (Å²) in [6.07, 6.45) is 0.0101. The van der Waals surface area contributed by atoms with E-state index in [2.05, 4.69) is 5.32 Å². The van der Waals surface area contributed by atoms with E-state index in [1.54, 1.807) is 34.6 Å². The molecule has 0 aliphatic heterocycles. The van der Waals surface area contributed by atoms with Gasteiger partial charge in [-0.1, -0.05) is 6.92 Å². The summed E-state index contributed by atoms with van der Waals surface area (Å²) in [5.74, 6) is 0.103. The minimum Gasteiger partial charge on any atom is -0.444 e. The molecule has 20 heavy (non-hydrogen) atoms. The number of ether oxygens (including phenoxy) is 1. The Balaban J connectivity index is 4.64. The average Bonchev–Trinajstić information content (AvgIpc) is 2.11. The molecule has 0 aromatic heterocycles. The quantitative estimate of drug-likeness (QED) is 0.814. The second-order valence-corrected chi connectivity index (χ2v) is 8.78. The van der Waals surface area contributed by atoms with Crippen molar-refractivity contribution in [3.05, 3.63) is 0 Å². The van der Waals surface area contributed by atoms with Gasteiger partial charge >= 0.3 is 6.09 Å². The molecule has 0 aromatic rings. The predicted molar refractivity (Wildman–Crippen MR) is 80.2 cm³/mol. The number of rotatable bonds is 6. The third-order valence-corrected chi connectivity index (χ3v) is 4.40. The number of likely N-dealkylation sites (N-methyl/N-ethyl adjacent to an activating group) is 1. The van der Waals surface area contributed by atoms with E-state index >= 15 is 0 Å². The molecule has 0 aliphatic rings. The summed E-state index contributed by atoms with van der Waals surface area (Å²) in [5, 5.41) is 2.69. The molecular weight excluding hydrogens is 280 g/mol. The fourth-order valence-corrected chi connectivity index (χ4v) is 3.04. The second kappa shape index (κ2) is 6.76. The van der Waals surface area contributed by atoms with Gasteiger partial charge in [0.15, 0.2) is 0 Å². The van der Waals surface area contributed by atoms with Crippen molar-refractivity contribution >= 4 is 16.1 Å². The highest BCUT2D eigenvalue weighted by atomic mass is 32.2. The maximum atomic E-state index is 11.9. The van der Waals surface area contributed by atoms with Gasteiger partial charge in [-0.15, -0.1) is 0 Å². The van der Waals surface area contributed by atoms with Crippen LogP contribution in [-0.4, -0.2) is 49.3 Å². The lowest BCUT2D eigenvalue weighted by molar-refractivity contribution is 0.0464. The van der Waals surface area contributed by atoms with E-state index in [0.717, 1.165) is 0 Å². The number of nitrogens with one attached hydrogen (secondary N) is 1. The minimum atomic E-state index is -3.27. The van der Waals surface area contributed by atoms with Crippen LogP contribution in [0.15, 0.2) is 0 Å². The maximum absolute atomic E-state index is 11.9. The molecule has 1 amide bonds. The Kier molecular flexibility index (Phi) is 6.48. The van der Waals surface area contributed by atoms with Crippen LogP contribution in [0.3, 0.4) is 0 Å². The van der Waals surface area contributed by atoms with E-state index < -0.39 is 27.3 Å². The van der Waals surface area contributed by atoms with Gasteiger partial charge in [-0.2, -0.15) is 0 Å². The van der Waals surface area contributed by atoms with Crippen LogP contribution >= 0.6 is 0 Å². The number of amides is 1. The molecule has 0 spiro atoms. The summed E-state index contributed by atoms with van der Waals surface area (Å²) in [4.78, 5) is 11.7. The molecule has 120 valence electrons. The maximum Gasteiger partial charge on any atom is 0.408 e.